The van der Waals surface area contributed by atoms with Crippen LogP contribution in [0.2, 0.25) is 5.02 Å². The van der Waals surface area contributed by atoms with Crippen molar-refractivity contribution in [2.24, 2.45) is 0 Å². The number of aromatic nitrogens is 2. The van der Waals surface area contributed by atoms with Gasteiger partial charge in [0, 0.05) is 11.8 Å². The quantitative estimate of drug-likeness (QED) is 0.914. The molecule has 6 heteroatoms. The highest BCUT2D eigenvalue weighted by molar-refractivity contribution is 6.31. The number of halogens is 1. The second-order valence-electron chi connectivity index (χ2n) is 3.76. The van der Waals surface area contributed by atoms with E-state index in [9.17, 15) is 4.79 Å². The largest absolute Gasteiger partial charge is 0.475 e. The number of rotatable bonds is 3. The van der Waals surface area contributed by atoms with E-state index in [0.717, 1.165) is 11.3 Å². The predicted molar refractivity (Wildman–Crippen MR) is 61.5 cm³/mol. The molecule has 0 atom stereocenters. The number of aromatic carboxylic acids is 1. The van der Waals surface area contributed by atoms with E-state index < -0.39 is 5.97 Å². The van der Waals surface area contributed by atoms with E-state index in [0.29, 0.717) is 17.3 Å². The molecule has 0 aliphatic carbocycles. The van der Waals surface area contributed by atoms with E-state index >= 15 is 0 Å². The van der Waals surface area contributed by atoms with E-state index in [1.54, 1.807) is 17.8 Å². The molecule has 0 aromatic carbocycles. The molecule has 0 spiro atoms. The van der Waals surface area contributed by atoms with Crippen molar-refractivity contribution in [2.75, 3.05) is 0 Å². The van der Waals surface area contributed by atoms with Crippen molar-refractivity contribution < 1.29 is 14.3 Å². The molecule has 17 heavy (non-hydrogen) atoms. The molecular weight excluding hydrogens is 244 g/mol. The number of nitrogens with zero attached hydrogens (tertiary/aromatic N) is 2. The molecule has 0 amide bonds. The third-order valence-electron chi connectivity index (χ3n) is 2.45. The van der Waals surface area contributed by atoms with E-state index in [1.807, 2.05) is 6.92 Å². The lowest BCUT2D eigenvalue weighted by Crippen LogP contribution is -2.00. The number of furan rings is 1. The van der Waals surface area contributed by atoms with Crippen molar-refractivity contribution in [1.29, 1.82) is 0 Å². The summed E-state index contributed by atoms with van der Waals surface area (Å²) in [5, 5.41) is 13.6. The highest BCUT2D eigenvalue weighted by Gasteiger charge is 2.14. The molecule has 1 N–H and O–H groups in total. The summed E-state index contributed by atoms with van der Waals surface area (Å²) < 4.78 is 6.77. The van der Waals surface area contributed by atoms with Gasteiger partial charge >= 0.3 is 5.97 Å². The Kier molecular flexibility index (Phi) is 2.93. The molecule has 2 rings (SSSR count). The molecule has 2 aromatic rings. The first-order valence-electron chi connectivity index (χ1n) is 4.99. The van der Waals surface area contributed by atoms with E-state index in [4.69, 9.17) is 21.1 Å². The molecule has 0 aliphatic heterocycles. The SMILES string of the molecule is Cc1nn(Cc2cc(C(=O)O)oc2C)cc1Cl. The Morgan fingerprint density at radius 2 is 2.29 bits per heavy atom. The van der Waals surface area contributed by atoms with Gasteiger partial charge in [0.1, 0.15) is 5.76 Å². The normalized spacial score (nSPS) is 10.8. The maximum Gasteiger partial charge on any atom is 0.371 e. The zero-order valence-electron chi connectivity index (χ0n) is 9.40. The molecule has 0 aliphatic rings. The van der Waals surface area contributed by atoms with Crippen LogP contribution in [-0.2, 0) is 6.54 Å². The minimum absolute atomic E-state index is 0.0625. The van der Waals surface area contributed by atoms with Crippen molar-refractivity contribution in [2.45, 2.75) is 20.4 Å². The van der Waals surface area contributed by atoms with Gasteiger partial charge in [-0.05, 0) is 19.9 Å². The maximum atomic E-state index is 10.7. The lowest BCUT2D eigenvalue weighted by atomic mass is 10.2. The van der Waals surface area contributed by atoms with Gasteiger partial charge in [0.25, 0.3) is 0 Å². The van der Waals surface area contributed by atoms with E-state index in [2.05, 4.69) is 5.10 Å². The number of hydrogen-bond donors (Lipinski definition) is 1. The van der Waals surface area contributed by atoms with Gasteiger partial charge in [-0.15, -0.1) is 0 Å². The van der Waals surface area contributed by atoms with Crippen LogP contribution in [0, 0.1) is 13.8 Å². The van der Waals surface area contributed by atoms with Crippen LogP contribution in [-0.4, -0.2) is 20.9 Å². The Labute approximate surface area is 103 Å². The lowest BCUT2D eigenvalue weighted by Gasteiger charge is -1.98. The Balaban J connectivity index is 2.26. The minimum Gasteiger partial charge on any atom is -0.475 e. The topological polar surface area (TPSA) is 68.3 Å². The zero-order valence-corrected chi connectivity index (χ0v) is 10.2. The monoisotopic (exact) mass is 254 g/mol. The molecule has 0 saturated heterocycles. The first-order chi connectivity index (χ1) is 7.97. The first kappa shape index (κ1) is 11.7. The fourth-order valence-electron chi connectivity index (χ4n) is 1.53. The van der Waals surface area contributed by atoms with Crippen LogP contribution < -0.4 is 0 Å². The molecule has 2 aromatic heterocycles. The summed E-state index contributed by atoms with van der Waals surface area (Å²) in [6.45, 7) is 3.97. The molecule has 5 nitrogen and oxygen atoms in total. The lowest BCUT2D eigenvalue weighted by molar-refractivity contribution is 0.0661. The van der Waals surface area contributed by atoms with Crippen molar-refractivity contribution in [3.8, 4) is 0 Å². The summed E-state index contributed by atoms with van der Waals surface area (Å²) in [7, 11) is 0. The van der Waals surface area contributed by atoms with Gasteiger partial charge in [-0.2, -0.15) is 5.10 Å². The van der Waals surface area contributed by atoms with Crippen LogP contribution in [0.4, 0.5) is 0 Å². The molecule has 0 unspecified atom stereocenters. The van der Waals surface area contributed by atoms with E-state index in [1.165, 1.54) is 6.07 Å². The molecule has 0 radical (unpaired) electrons. The summed E-state index contributed by atoms with van der Waals surface area (Å²) in [5.41, 5.74) is 1.52. The Morgan fingerprint density at radius 1 is 1.59 bits per heavy atom. The van der Waals surface area contributed by atoms with Crippen LogP contribution in [0.25, 0.3) is 0 Å². The molecular formula is C11H11ClN2O3. The second-order valence-corrected chi connectivity index (χ2v) is 4.16. The van der Waals surface area contributed by atoms with Crippen molar-refractivity contribution in [1.82, 2.24) is 9.78 Å². The first-order valence-corrected chi connectivity index (χ1v) is 5.37. The van der Waals surface area contributed by atoms with Crippen molar-refractivity contribution >= 4 is 17.6 Å². The second kappa shape index (κ2) is 4.25. The van der Waals surface area contributed by atoms with Crippen LogP contribution in [0.3, 0.4) is 0 Å². The Morgan fingerprint density at radius 3 is 2.76 bits per heavy atom. The highest BCUT2D eigenvalue weighted by Crippen LogP contribution is 2.18. The fourth-order valence-corrected chi connectivity index (χ4v) is 1.68. The van der Waals surface area contributed by atoms with Gasteiger partial charge in [0.2, 0.25) is 5.76 Å². The van der Waals surface area contributed by atoms with Gasteiger partial charge in [0.05, 0.1) is 17.3 Å². The predicted octanol–water partition coefficient (Wildman–Crippen LogP) is 2.49. The van der Waals surface area contributed by atoms with Gasteiger partial charge in [0.15, 0.2) is 0 Å². The van der Waals surface area contributed by atoms with Crippen LogP contribution in [0.1, 0.15) is 27.6 Å². The van der Waals surface area contributed by atoms with Gasteiger partial charge in [-0.1, -0.05) is 11.6 Å². The summed E-state index contributed by atoms with van der Waals surface area (Å²) in [6.07, 6.45) is 1.70. The number of carboxylic acids is 1. The third kappa shape index (κ3) is 2.34. The van der Waals surface area contributed by atoms with Gasteiger partial charge in [-0.25, -0.2) is 4.79 Å². The zero-order chi connectivity index (χ0) is 12.6. The van der Waals surface area contributed by atoms with Crippen molar-refractivity contribution in [3.05, 3.63) is 40.1 Å². The molecule has 0 bridgehead atoms. The molecule has 2 heterocycles. The Bertz CT molecular complexity index is 552. The van der Waals surface area contributed by atoms with Crippen LogP contribution in [0.15, 0.2) is 16.7 Å². The molecule has 90 valence electrons. The minimum atomic E-state index is -1.07. The average Bonchev–Trinajstić information content (AvgIpc) is 2.73. The summed E-state index contributed by atoms with van der Waals surface area (Å²) in [5.74, 6) is -0.562. The van der Waals surface area contributed by atoms with Crippen molar-refractivity contribution in [3.63, 3.8) is 0 Å². The number of carbonyl (C=O) groups is 1. The Hall–Kier alpha value is -1.75. The van der Waals surface area contributed by atoms with E-state index in [-0.39, 0.29) is 5.76 Å². The summed E-state index contributed by atoms with van der Waals surface area (Å²) >= 11 is 5.89. The molecule has 0 fully saturated rings. The fraction of sp³-hybridized carbons (Fsp3) is 0.273. The average molecular weight is 255 g/mol. The van der Waals surface area contributed by atoms with Gasteiger partial charge in [-0.3, -0.25) is 4.68 Å². The smallest absolute Gasteiger partial charge is 0.371 e. The number of aryl methyl sites for hydroxylation is 2. The molecule has 0 saturated carbocycles. The number of hydrogen-bond acceptors (Lipinski definition) is 3. The van der Waals surface area contributed by atoms with Gasteiger partial charge < -0.3 is 9.52 Å². The number of carboxylic acid groups (broad SMARTS) is 1. The van der Waals surface area contributed by atoms with Crippen LogP contribution >= 0.6 is 11.6 Å². The summed E-state index contributed by atoms with van der Waals surface area (Å²) in [6, 6.07) is 1.50. The standard InChI is InChI=1S/C11H11ClN2O3/c1-6-9(12)5-14(13-6)4-8-3-10(11(15)16)17-7(8)2/h3,5H,4H2,1-2H3,(H,15,16). The summed E-state index contributed by atoms with van der Waals surface area (Å²) in [4.78, 5) is 10.7. The maximum absolute atomic E-state index is 10.7. The third-order valence-corrected chi connectivity index (χ3v) is 2.82. The van der Waals surface area contributed by atoms with Crippen LogP contribution in [0.5, 0.6) is 0 Å². The highest BCUT2D eigenvalue weighted by atomic mass is 35.5.